The van der Waals surface area contributed by atoms with Crippen molar-refractivity contribution in [3.8, 4) is 0 Å². The van der Waals surface area contributed by atoms with E-state index in [1.54, 1.807) is 25.5 Å². The summed E-state index contributed by atoms with van der Waals surface area (Å²) >= 11 is 0. The number of aryl methyl sites for hydroxylation is 1. The van der Waals surface area contributed by atoms with Crippen LogP contribution in [-0.2, 0) is 17.1 Å². The first-order valence-corrected chi connectivity index (χ1v) is 9.23. The van der Waals surface area contributed by atoms with Gasteiger partial charge in [-0.25, -0.2) is 8.42 Å². The molecule has 0 spiro atoms. The van der Waals surface area contributed by atoms with Gasteiger partial charge in [0, 0.05) is 32.4 Å². The Labute approximate surface area is 133 Å². The fourth-order valence-electron chi connectivity index (χ4n) is 2.37. The molecule has 7 heteroatoms. The quantitative estimate of drug-likeness (QED) is 0.792. The van der Waals surface area contributed by atoms with E-state index < -0.39 is 10.0 Å². The highest BCUT2D eigenvalue weighted by molar-refractivity contribution is 7.89. The Morgan fingerprint density at radius 3 is 2.23 bits per heavy atom. The summed E-state index contributed by atoms with van der Waals surface area (Å²) in [6.45, 7) is 8.42. The van der Waals surface area contributed by atoms with Crippen molar-refractivity contribution in [1.29, 1.82) is 0 Å². The predicted octanol–water partition coefficient (Wildman–Crippen LogP) is 1.97. The Morgan fingerprint density at radius 2 is 1.77 bits per heavy atom. The van der Waals surface area contributed by atoms with Gasteiger partial charge in [-0.2, -0.15) is 4.31 Å². The number of hydrogen-bond donors (Lipinski definition) is 1. The number of nitrogens with one attached hydrogen (secondary N) is 1. The van der Waals surface area contributed by atoms with Crippen LogP contribution in [0.3, 0.4) is 0 Å². The molecule has 0 aliphatic carbocycles. The van der Waals surface area contributed by atoms with Crippen LogP contribution in [0.15, 0.2) is 17.2 Å². The molecule has 0 aliphatic heterocycles. The van der Waals surface area contributed by atoms with E-state index in [9.17, 15) is 13.2 Å². The van der Waals surface area contributed by atoms with Crippen LogP contribution in [0.2, 0.25) is 0 Å². The SMILES string of the molecule is CCC(CC)NC(=O)c1cc(S(=O)(=O)N(CC)CC)cn1C. The molecule has 0 saturated carbocycles. The molecule has 126 valence electrons. The zero-order valence-electron chi connectivity index (χ0n) is 14.1. The maximum absolute atomic E-state index is 12.5. The smallest absolute Gasteiger partial charge is 0.268 e. The molecule has 1 rings (SSSR count). The Morgan fingerprint density at radius 1 is 1.23 bits per heavy atom. The number of rotatable bonds is 8. The first kappa shape index (κ1) is 18.7. The van der Waals surface area contributed by atoms with Crippen LogP contribution in [0, 0.1) is 0 Å². The second-order valence-corrected chi connectivity index (χ2v) is 7.19. The van der Waals surface area contributed by atoms with Crippen molar-refractivity contribution < 1.29 is 13.2 Å². The van der Waals surface area contributed by atoms with Crippen LogP contribution in [0.5, 0.6) is 0 Å². The molecule has 1 N–H and O–H groups in total. The molecule has 0 aliphatic rings. The minimum absolute atomic E-state index is 0.102. The molecule has 0 atom stereocenters. The predicted molar refractivity (Wildman–Crippen MR) is 87.4 cm³/mol. The maximum Gasteiger partial charge on any atom is 0.268 e. The van der Waals surface area contributed by atoms with Gasteiger partial charge in [-0.1, -0.05) is 27.7 Å². The molecule has 1 aromatic rings. The molecule has 0 radical (unpaired) electrons. The molecular formula is C15H27N3O3S. The van der Waals surface area contributed by atoms with Crippen molar-refractivity contribution in [2.75, 3.05) is 13.1 Å². The fourth-order valence-corrected chi connectivity index (χ4v) is 3.90. The third-order valence-electron chi connectivity index (χ3n) is 3.88. The van der Waals surface area contributed by atoms with Gasteiger partial charge in [0.15, 0.2) is 0 Å². The number of carbonyl (C=O) groups is 1. The first-order valence-electron chi connectivity index (χ1n) is 7.79. The number of nitrogens with zero attached hydrogens (tertiary/aromatic N) is 2. The zero-order chi connectivity index (χ0) is 16.9. The molecular weight excluding hydrogens is 302 g/mol. The topological polar surface area (TPSA) is 71.4 Å². The molecule has 6 nitrogen and oxygen atoms in total. The van der Waals surface area contributed by atoms with E-state index in [0.717, 1.165) is 12.8 Å². The van der Waals surface area contributed by atoms with E-state index in [2.05, 4.69) is 5.32 Å². The Hall–Kier alpha value is -1.34. The highest BCUT2D eigenvalue weighted by atomic mass is 32.2. The standard InChI is InChI=1S/C15H27N3O3S/c1-6-12(7-2)16-15(19)14-10-13(11-17(14)5)22(20,21)18(8-3)9-4/h10-12H,6-9H2,1-5H3,(H,16,19). The van der Waals surface area contributed by atoms with E-state index >= 15 is 0 Å². The van der Waals surface area contributed by atoms with Crippen LogP contribution in [-0.4, -0.2) is 42.3 Å². The highest BCUT2D eigenvalue weighted by Crippen LogP contribution is 2.18. The van der Waals surface area contributed by atoms with Gasteiger partial charge in [-0.3, -0.25) is 4.79 Å². The van der Waals surface area contributed by atoms with Crippen LogP contribution in [0.1, 0.15) is 51.0 Å². The average molecular weight is 329 g/mol. The lowest BCUT2D eigenvalue weighted by molar-refractivity contribution is 0.0926. The summed E-state index contributed by atoms with van der Waals surface area (Å²) < 4.78 is 27.9. The van der Waals surface area contributed by atoms with Gasteiger partial charge >= 0.3 is 0 Å². The first-order chi connectivity index (χ1) is 10.3. The van der Waals surface area contributed by atoms with Gasteiger partial charge in [-0.15, -0.1) is 0 Å². The number of sulfonamides is 1. The molecule has 1 aromatic heterocycles. The number of hydrogen-bond acceptors (Lipinski definition) is 3. The summed E-state index contributed by atoms with van der Waals surface area (Å²) in [6, 6.07) is 1.55. The summed E-state index contributed by atoms with van der Waals surface area (Å²) in [6.07, 6.45) is 3.18. The Bertz CT molecular complexity index is 600. The molecule has 1 amide bonds. The van der Waals surface area contributed by atoms with E-state index in [1.165, 1.54) is 16.6 Å². The van der Waals surface area contributed by atoms with E-state index in [4.69, 9.17) is 0 Å². The number of aromatic nitrogens is 1. The molecule has 0 fully saturated rings. The van der Waals surface area contributed by atoms with Gasteiger partial charge in [0.25, 0.3) is 5.91 Å². The van der Waals surface area contributed by atoms with Gasteiger partial charge in [0.2, 0.25) is 10.0 Å². The normalized spacial score (nSPS) is 12.1. The third-order valence-corrected chi connectivity index (χ3v) is 5.89. The summed E-state index contributed by atoms with van der Waals surface area (Å²) in [4.78, 5) is 12.5. The lowest BCUT2D eigenvalue weighted by Gasteiger charge is -2.17. The maximum atomic E-state index is 12.5. The van der Waals surface area contributed by atoms with Gasteiger partial charge in [-0.05, 0) is 18.9 Å². The van der Waals surface area contributed by atoms with Gasteiger partial charge < -0.3 is 9.88 Å². The largest absolute Gasteiger partial charge is 0.348 e. The molecule has 0 aromatic carbocycles. The van der Waals surface area contributed by atoms with Crippen molar-refractivity contribution in [1.82, 2.24) is 14.2 Å². The lowest BCUT2D eigenvalue weighted by atomic mass is 10.1. The second-order valence-electron chi connectivity index (χ2n) is 5.25. The molecule has 22 heavy (non-hydrogen) atoms. The number of amides is 1. The highest BCUT2D eigenvalue weighted by Gasteiger charge is 2.25. The average Bonchev–Trinajstić information content (AvgIpc) is 2.88. The Balaban J connectivity index is 3.09. The van der Waals surface area contributed by atoms with E-state index in [1.807, 2.05) is 13.8 Å². The summed E-state index contributed by atoms with van der Waals surface area (Å²) in [5, 5.41) is 2.93. The van der Waals surface area contributed by atoms with Crippen LogP contribution in [0.4, 0.5) is 0 Å². The van der Waals surface area contributed by atoms with Gasteiger partial charge in [0.05, 0.1) is 0 Å². The van der Waals surface area contributed by atoms with Crippen LogP contribution >= 0.6 is 0 Å². The molecule has 0 bridgehead atoms. The molecule has 0 saturated heterocycles. The van der Waals surface area contributed by atoms with Crippen molar-refractivity contribution in [2.24, 2.45) is 7.05 Å². The third kappa shape index (κ3) is 3.89. The summed E-state index contributed by atoms with van der Waals surface area (Å²) in [5.74, 6) is -0.239. The molecule has 1 heterocycles. The van der Waals surface area contributed by atoms with Crippen molar-refractivity contribution in [3.63, 3.8) is 0 Å². The Kier molecular flexibility index (Phi) is 6.62. The number of carbonyl (C=O) groups excluding carboxylic acids is 1. The van der Waals surface area contributed by atoms with E-state index in [-0.39, 0.29) is 16.8 Å². The van der Waals surface area contributed by atoms with E-state index in [0.29, 0.717) is 18.8 Å². The summed E-state index contributed by atoms with van der Waals surface area (Å²) in [5.41, 5.74) is 0.359. The van der Waals surface area contributed by atoms with Crippen LogP contribution in [0.25, 0.3) is 0 Å². The summed E-state index contributed by atoms with van der Waals surface area (Å²) in [7, 11) is -1.86. The van der Waals surface area contributed by atoms with Crippen molar-refractivity contribution >= 4 is 15.9 Å². The van der Waals surface area contributed by atoms with Crippen LogP contribution < -0.4 is 5.32 Å². The minimum Gasteiger partial charge on any atom is -0.348 e. The zero-order valence-corrected chi connectivity index (χ0v) is 14.9. The molecule has 0 unspecified atom stereocenters. The van der Waals surface area contributed by atoms with Crippen molar-refractivity contribution in [3.05, 3.63) is 18.0 Å². The monoisotopic (exact) mass is 329 g/mol. The van der Waals surface area contributed by atoms with Gasteiger partial charge in [0.1, 0.15) is 10.6 Å². The fraction of sp³-hybridized carbons (Fsp3) is 0.667. The lowest BCUT2D eigenvalue weighted by Crippen LogP contribution is -2.34. The minimum atomic E-state index is -3.54. The second kappa shape index (κ2) is 7.78. The van der Waals surface area contributed by atoms with Crippen molar-refractivity contribution in [2.45, 2.75) is 51.5 Å².